The monoisotopic (exact) mass is 657 g/mol. The minimum atomic E-state index is -0.393. The zero-order valence-electron chi connectivity index (χ0n) is 28.2. The van der Waals surface area contributed by atoms with Crippen LogP contribution in [-0.4, -0.2) is 23.6 Å². The van der Waals surface area contributed by atoms with Crippen LogP contribution in [0.5, 0.6) is 11.5 Å². The van der Waals surface area contributed by atoms with Gasteiger partial charge < -0.3 is 9.64 Å². The zero-order valence-corrected chi connectivity index (χ0v) is 28.2. The summed E-state index contributed by atoms with van der Waals surface area (Å²) < 4.78 is 6.70. The second-order valence-electron chi connectivity index (χ2n) is 13.8. The van der Waals surface area contributed by atoms with Crippen LogP contribution in [0.3, 0.4) is 0 Å². The van der Waals surface area contributed by atoms with Gasteiger partial charge in [0.1, 0.15) is 23.5 Å². The largest absolute Gasteiger partial charge is 0.457 e. The number of rotatable bonds is 4. The van der Waals surface area contributed by atoms with E-state index in [2.05, 4.69) is 176 Å². The molecule has 6 aromatic carbocycles. The highest BCUT2D eigenvalue weighted by Gasteiger charge is 2.56. The van der Waals surface area contributed by atoms with E-state index in [-0.39, 0.29) is 18.0 Å². The van der Waals surface area contributed by atoms with Gasteiger partial charge in [0.05, 0.1) is 5.41 Å². The summed E-state index contributed by atoms with van der Waals surface area (Å²) in [7, 11) is 2.08. The fourth-order valence-corrected chi connectivity index (χ4v) is 8.83. The summed E-state index contributed by atoms with van der Waals surface area (Å²) in [5.74, 6) is 3.97. The summed E-state index contributed by atoms with van der Waals surface area (Å²) >= 11 is 0. The van der Waals surface area contributed by atoms with Crippen molar-refractivity contribution in [2.45, 2.75) is 17.5 Å². The molecule has 2 aliphatic carbocycles. The molecule has 2 aliphatic heterocycles. The molecule has 0 fully saturated rings. The minimum Gasteiger partial charge on any atom is -0.457 e. The lowest BCUT2D eigenvalue weighted by atomic mass is 9.61. The maximum atomic E-state index is 6.70. The molecule has 0 aromatic heterocycles. The van der Waals surface area contributed by atoms with Crippen LogP contribution < -0.4 is 4.74 Å². The van der Waals surface area contributed by atoms with Gasteiger partial charge in [-0.3, -0.25) is 0 Å². The lowest BCUT2D eigenvalue weighted by molar-refractivity contribution is 0.374. The van der Waals surface area contributed by atoms with E-state index in [1.54, 1.807) is 0 Å². The summed E-state index contributed by atoms with van der Waals surface area (Å²) in [5.41, 5.74) is 10.2. The van der Waals surface area contributed by atoms with Gasteiger partial charge in [0.25, 0.3) is 0 Å². The van der Waals surface area contributed by atoms with E-state index >= 15 is 0 Å². The molecule has 4 unspecified atom stereocenters. The lowest BCUT2D eigenvalue weighted by Crippen LogP contribution is -2.37. The molecule has 0 amide bonds. The summed E-state index contributed by atoms with van der Waals surface area (Å²) in [6.45, 7) is 0. The highest BCUT2D eigenvalue weighted by atomic mass is 16.5. The first kappa shape index (κ1) is 29.6. The van der Waals surface area contributed by atoms with Gasteiger partial charge in [0, 0.05) is 41.1 Å². The van der Waals surface area contributed by atoms with Crippen LogP contribution in [0.15, 0.2) is 186 Å². The molecule has 0 bridgehead atoms. The minimum absolute atomic E-state index is 0.202. The Balaban J connectivity index is 1.13. The number of nitrogens with zero attached hydrogens (tertiary/aromatic N) is 3. The Labute approximate surface area is 298 Å². The third-order valence-electron chi connectivity index (χ3n) is 11.1. The zero-order chi connectivity index (χ0) is 33.9. The van der Waals surface area contributed by atoms with E-state index in [1.165, 1.54) is 22.3 Å². The van der Waals surface area contributed by atoms with E-state index in [4.69, 9.17) is 14.7 Å². The van der Waals surface area contributed by atoms with Gasteiger partial charge in [-0.15, -0.1) is 0 Å². The average molecular weight is 658 g/mol. The summed E-state index contributed by atoms with van der Waals surface area (Å²) in [6.07, 6.45) is 9.00. The van der Waals surface area contributed by atoms with Crippen LogP contribution in [0.1, 0.15) is 51.0 Å². The van der Waals surface area contributed by atoms with Crippen molar-refractivity contribution in [1.82, 2.24) is 4.90 Å². The van der Waals surface area contributed by atoms with Crippen LogP contribution in [0, 0.1) is 5.92 Å². The fraction of sp³-hybridized carbons (Fsp3) is 0.106. The van der Waals surface area contributed by atoms with Crippen molar-refractivity contribution in [3.8, 4) is 22.6 Å². The number of amidine groups is 2. The number of allylic oxidation sites excluding steroid dienone is 4. The Morgan fingerprint density at radius 3 is 2.10 bits per heavy atom. The molecular formula is C47H35N3O. The average Bonchev–Trinajstić information content (AvgIpc) is 3.49. The first-order valence-electron chi connectivity index (χ1n) is 17.7. The molecule has 4 heteroatoms. The predicted octanol–water partition coefficient (Wildman–Crippen LogP) is 10.5. The molecule has 6 aromatic rings. The van der Waals surface area contributed by atoms with E-state index in [9.17, 15) is 0 Å². The van der Waals surface area contributed by atoms with E-state index < -0.39 is 5.41 Å². The van der Waals surface area contributed by atoms with Gasteiger partial charge in [-0.1, -0.05) is 152 Å². The maximum absolute atomic E-state index is 6.70. The molecular weight excluding hydrogens is 623 g/mol. The van der Waals surface area contributed by atoms with Gasteiger partial charge in [-0.05, 0) is 52.1 Å². The number of aliphatic imine (C=N–C) groups is 2. The van der Waals surface area contributed by atoms with E-state index in [0.717, 1.165) is 51.0 Å². The van der Waals surface area contributed by atoms with Crippen molar-refractivity contribution >= 4 is 11.7 Å². The van der Waals surface area contributed by atoms with Crippen molar-refractivity contribution in [2.75, 3.05) is 7.05 Å². The number of fused-ring (bicyclic) bond motifs is 9. The molecule has 51 heavy (non-hydrogen) atoms. The molecule has 4 atom stereocenters. The number of benzene rings is 6. The number of hydrogen-bond acceptors (Lipinski definition) is 4. The van der Waals surface area contributed by atoms with Crippen molar-refractivity contribution in [1.29, 1.82) is 0 Å². The number of para-hydroxylation sites is 1. The van der Waals surface area contributed by atoms with Crippen LogP contribution in [0.2, 0.25) is 0 Å². The van der Waals surface area contributed by atoms with Crippen molar-refractivity contribution in [3.63, 3.8) is 0 Å². The smallest absolute Gasteiger partial charge is 0.159 e. The van der Waals surface area contributed by atoms with Crippen LogP contribution in [0.4, 0.5) is 0 Å². The van der Waals surface area contributed by atoms with Crippen molar-refractivity contribution in [3.05, 3.63) is 215 Å². The van der Waals surface area contributed by atoms with Gasteiger partial charge in [0.2, 0.25) is 0 Å². The van der Waals surface area contributed by atoms with Gasteiger partial charge in [-0.25, -0.2) is 9.98 Å². The van der Waals surface area contributed by atoms with Gasteiger partial charge >= 0.3 is 0 Å². The Bertz CT molecular complexity index is 2440. The highest BCUT2D eigenvalue weighted by molar-refractivity contribution is 6.13. The summed E-state index contributed by atoms with van der Waals surface area (Å²) in [4.78, 5) is 12.6. The first-order valence-corrected chi connectivity index (χ1v) is 17.7. The number of ether oxygens (including phenoxy) is 1. The highest BCUT2D eigenvalue weighted by Crippen LogP contribution is 2.64. The number of hydrogen-bond donors (Lipinski definition) is 0. The molecule has 2 heterocycles. The quantitative estimate of drug-likeness (QED) is 0.189. The molecule has 0 radical (unpaired) electrons. The van der Waals surface area contributed by atoms with Gasteiger partial charge in [0.15, 0.2) is 5.84 Å². The summed E-state index contributed by atoms with van der Waals surface area (Å²) in [5, 5.41) is 0. The maximum Gasteiger partial charge on any atom is 0.159 e. The molecule has 4 nitrogen and oxygen atoms in total. The molecule has 0 saturated carbocycles. The van der Waals surface area contributed by atoms with Crippen molar-refractivity contribution in [2.24, 2.45) is 15.9 Å². The molecule has 244 valence electrons. The molecule has 4 aliphatic rings. The SMILES string of the molecule is CN1C(c2ccccc2)=NC(c2cccc(-c3ccc4c(c3)C3(c5ccccc5O4)c4ccccc4C4C=CC=CC43)c2)=NC1c1ccccc1. The van der Waals surface area contributed by atoms with Crippen molar-refractivity contribution < 1.29 is 4.74 Å². The van der Waals surface area contributed by atoms with E-state index in [0.29, 0.717) is 0 Å². The summed E-state index contributed by atoms with van der Waals surface area (Å²) in [6, 6.07) is 53.9. The van der Waals surface area contributed by atoms with Crippen LogP contribution >= 0.6 is 0 Å². The van der Waals surface area contributed by atoms with Gasteiger partial charge in [-0.2, -0.15) is 0 Å². The van der Waals surface area contributed by atoms with Crippen LogP contribution in [-0.2, 0) is 5.41 Å². The second kappa shape index (κ2) is 11.7. The Morgan fingerprint density at radius 1 is 0.569 bits per heavy atom. The lowest BCUT2D eigenvalue weighted by Gasteiger charge is -2.43. The third-order valence-corrected chi connectivity index (χ3v) is 11.1. The standard InChI is InChI=1S/C47H35N3O/c1-50-45(31-15-4-2-5-16-31)48-44(49-46(50)32-17-6-3-7-18-32)35-20-14-19-33(29-35)34-27-28-43-41(30-34)47(40-25-12-13-26-42(40)51-43)38-23-10-8-21-36(38)37-22-9-11-24-39(37)47/h2-30,36,38,45H,1H3. The fourth-order valence-electron chi connectivity index (χ4n) is 8.83. The molecule has 1 spiro atoms. The van der Waals surface area contributed by atoms with Crippen LogP contribution in [0.25, 0.3) is 11.1 Å². The molecule has 10 rings (SSSR count). The first-order chi connectivity index (χ1) is 25.2. The normalized spacial score (nSPS) is 22.3. The predicted molar refractivity (Wildman–Crippen MR) is 206 cm³/mol. The Hall–Kier alpha value is -6.26. The third kappa shape index (κ3) is 4.53. The molecule has 0 N–H and O–H groups in total. The second-order valence-corrected chi connectivity index (χ2v) is 13.8. The Morgan fingerprint density at radius 2 is 1.24 bits per heavy atom. The molecule has 0 saturated heterocycles. The topological polar surface area (TPSA) is 37.2 Å². The Kier molecular flexibility index (Phi) is 6.78. The van der Waals surface area contributed by atoms with E-state index in [1.807, 2.05) is 12.1 Å².